The topological polar surface area (TPSA) is 78.6 Å². The lowest BCUT2D eigenvalue weighted by Gasteiger charge is -2.14. The van der Waals surface area contributed by atoms with Crippen molar-refractivity contribution in [3.05, 3.63) is 62.1 Å². The average molecular weight is 389 g/mol. The fourth-order valence-electron chi connectivity index (χ4n) is 1.92. The molecule has 2 aromatic rings. The largest absolute Gasteiger partial charge is 0.486 e. The molecule has 2 aromatic carbocycles. The molecule has 8 heteroatoms. The quantitative estimate of drug-likeness (QED) is 0.617. The molecule has 0 radical (unpaired) electrons. The van der Waals surface area contributed by atoms with Crippen LogP contribution in [0.3, 0.4) is 0 Å². The van der Waals surface area contributed by atoms with E-state index in [1.54, 1.807) is 24.3 Å². The van der Waals surface area contributed by atoms with Crippen molar-refractivity contribution in [1.29, 1.82) is 0 Å². The number of primary amides is 1. The van der Waals surface area contributed by atoms with Crippen LogP contribution in [-0.2, 0) is 11.3 Å². The van der Waals surface area contributed by atoms with Gasteiger partial charge in [0.15, 0.2) is 5.75 Å². The lowest BCUT2D eigenvalue weighted by Crippen LogP contribution is -2.11. The average Bonchev–Trinajstić information content (AvgIpc) is 2.56. The zero-order valence-electron chi connectivity index (χ0n) is 12.4. The second-order valence-corrected chi connectivity index (χ2v) is 5.89. The Hall–Kier alpha value is -1.95. The van der Waals surface area contributed by atoms with Gasteiger partial charge in [0.2, 0.25) is 5.91 Å². The second kappa shape index (κ2) is 7.75. The van der Waals surface area contributed by atoms with Gasteiger partial charge in [-0.15, -0.1) is 0 Å². The van der Waals surface area contributed by atoms with Crippen LogP contribution < -0.4 is 10.5 Å². The monoisotopic (exact) mass is 387 g/mol. The molecular formula is C16H12Cl3NO4. The van der Waals surface area contributed by atoms with Gasteiger partial charge in [-0.3, -0.25) is 4.79 Å². The zero-order chi connectivity index (χ0) is 17.9. The van der Waals surface area contributed by atoms with Crippen molar-refractivity contribution < 1.29 is 19.1 Å². The summed E-state index contributed by atoms with van der Waals surface area (Å²) in [5.41, 5.74) is 6.24. The van der Waals surface area contributed by atoms with Crippen LogP contribution in [0.15, 0.2) is 30.3 Å². The molecule has 0 aliphatic carbocycles. The number of benzene rings is 2. The first-order valence-electron chi connectivity index (χ1n) is 6.62. The summed E-state index contributed by atoms with van der Waals surface area (Å²) in [6, 6.07) is 7.85. The maximum atomic E-state index is 11.9. The number of rotatable bonds is 5. The molecule has 0 atom stereocenters. The number of halogens is 3. The van der Waals surface area contributed by atoms with Gasteiger partial charge in [0.25, 0.3) is 0 Å². The van der Waals surface area contributed by atoms with E-state index in [1.165, 1.54) is 13.2 Å². The fraction of sp³-hybridized carbons (Fsp3) is 0.125. The lowest BCUT2D eigenvalue weighted by atomic mass is 10.1. The van der Waals surface area contributed by atoms with Gasteiger partial charge in [-0.2, -0.15) is 0 Å². The van der Waals surface area contributed by atoms with E-state index in [-0.39, 0.29) is 33.0 Å². The Morgan fingerprint density at radius 3 is 2.25 bits per heavy atom. The van der Waals surface area contributed by atoms with Gasteiger partial charge in [0.1, 0.15) is 12.2 Å². The Morgan fingerprint density at radius 2 is 1.71 bits per heavy atom. The van der Waals surface area contributed by atoms with Crippen molar-refractivity contribution in [3.8, 4) is 5.75 Å². The van der Waals surface area contributed by atoms with Gasteiger partial charge >= 0.3 is 5.97 Å². The highest BCUT2D eigenvalue weighted by Crippen LogP contribution is 2.40. The Morgan fingerprint density at radius 1 is 1.08 bits per heavy atom. The fourth-order valence-corrected chi connectivity index (χ4v) is 2.66. The molecule has 2 N–H and O–H groups in total. The molecule has 0 heterocycles. The number of carbonyl (C=O) groups excluding carboxylic acids is 2. The minimum atomic E-state index is -0.719. The van der Waals surface area contributed by atoms with E-state index in [0.29, 0.717) is 5.56 Å². The van der Waals surface area contributed by atoms with E-state index in [9.17, 15) is 9.59 Å². The summed E-state index contributed by atoms with van der Waals surface area (Å²) in [4.78, 5) is 23.0. The van der Waals surface area contributed by atoms with Crippen LogP contribution in [0.2, 0.25) is 15.1 Å². The molecule has 0 spiro atoms. The van der Waals surface area contributed by atoms with Gasteiger partial charge < -0.3 is 15.2 Å². The summed E-state index contributed by atoms with van der Waals surface area (Å²) in [6.45, 7) is 0.0840. The van der Waals surface area contributed by atoms with Crippen LogP contribution in [0.25, 0.3) is 0 Å². The molecule has 1 amide bonds. The second-order valence-electron chi connectivity index (χ2n) is 4.70. The molecule has 126 valence electrons. The summed E-state index contributed by atoms with van der Waals surface area (Å²) in [6.07, 6.45) is 0. The maximum absolute atomic E-state index is 11.9. The van der Waals surface area contributed by atoms with Crippen LogP contribution in [0.1, 0.15) is 26.3 Å². The van der Waals surface area contributed by atoms with Gasteiger partial charge in [0, 0.05) is 5.56 Å². The highest BCUT2D eigenvalue weighted by Gasteiger charge is 2.23. The molecule has 0 saturated heterocycles. The molecule has 0 unspecified atom stereocenters. The standard InChI is InChI=1S/C16H12Cl3NO4/c1-23-16(22)12-13(19)10(17)6-11(18)14(12)24-7-8-2-4-9(5-3-8)15(20)21/h2-6H,7H2,1H3,(H2,20,21). The summed E-state index contributed by atoms with van der Waals surface area (Å²) >= 11 is 18.1. The predicted molar refractivity (Wildman–Crippen MR) is 92.1 cm³/mol. The molecular weight excluding hydrogens is 377 g/mol. The molecule has 0 bridgehead atoms. The first kappa shape index (κ1) is 18.4. The number of ether oxygens (including phenoxy) is 2. The lowest BCUT2D eigenvalue weighted by molar-refractivity contribution is 0.0595. The van der Waals surface area contributed by atoms with Crippen molar-refractivity contribution in [1.82, 2.24) is 0 Å². The van der Waals surface area contributed by atoms with E-state index in [1.807, 2.05) is 0 Å². The van der Waals surface area contributed by atoms with Crippen LogP contribution in [0.5, 0.6) is 5.75 Å². The van der Waals surface area contributed by atoms with Crippen molar-refractivity contribution in [3.63, 3.8) is 0 Å². The SMILES string of the molecule is COC(=O)c1c(Cl)c(Cl)cc(Cl)c1OCc1ccc(C(N)=O)cc1. The Labute approximate surface area is 153 Å². The molecule has 2 rings (SSSR count). The first-order valence-corrected chi connectivity index (χ1v) is 7.76. The van der Waals surface area contributed by atoms with Crippen LogP contribution >= 0.6 is 34.8 Å². The minimum absolute atomic E-state index is 0.00741. The third-order valence-corrected chi connectivity index (χ3v) is 4.21. The molecule has 0 aliphatic heterocycles. The summed E-state index contributed by atoms with van der Waals surface area (Å²) in [5.74, 6) is -1.18. The van der Waals surface area contributed by atoms with Crippen LogP contribution in [0.4, 0.5) is 0 Å². The van der Waals surface area contributed by atoms with E-state index in [4.69, 9.17) is 45.3 Å². The van der Waals surface area contributed by atoms with Crippen molar-refractivity contribution in [2.75, 3.05) is 7.11 Å². The molecule has 0 fully saturated rings. The van der Waals surface area contributed by atoms with E-state index in [2.05, 4.69) is 4.74 Å². The normalized spacial score (nSPS) is 10.3. The third kappa shape index (κ3) is 3.93. The van der Waals surface area contributed by atoms with Crippen molar-refractivity contribution >= 4 is 46.7 Å². The number of methoxy groups -OCH3 is 1. The first-order chi connectivity index (χ1) is 11.3. The molecule has 0 aliphatic rings. The van der Waals surface area contributed by atoms with Gasteiger partial charge in [0.05, 0.1) is 22.2 Å². The van der Waals surface area contributed by atoms with Crippen LogP contribution in [-0.4, -0.2) is 19.0 Å². The van der Waals surface area contributed by atoms with Gasteiger partial charge in [-0.05, 0) is 23.8 Å². The van der Waals surface area contributed by atoms with E-state index in [0.717, 1.165) is 5.56 Å². The summed E-state index contributed by atoms with van der Waals surface area (Å²) in [7, 11) is 1.21. The summed E-state index contributed by atoms with van der Waals surface area (Å²) < 4.78 is 10.3. The van der Waals surface area contributed by atoms with Crippen LogP contribution in [0, 0.1) is 0 Å². The third-order valence-electron chi connectivity index (χ3n) is 3.14. The van der Waals surface area contributed by atoms with Gasteiger partial charge in [-0.1, -0.05) is 46.9 Å². The molecule has 0 aromatic heterocycles. The Bertz CT molecular complexity index is 791. The number of carbonyl (C=O) groups is 2. The highest BCUT2D eigenvalue weighted by atomic mass is 35.5. The molecule has 0 saturated carbocycles. The minimum Gasteiger partial charge on any atom is -0.486 e. The maximum Gasteiger partial charge on any atom is 0.343 e. The number of hydrogen-bond acceptors (Lipinski definition) is 4. The zero-order valence-corrected chi connectivity index (χ0v) is 14.7. The van der Waals surface area contributed by atoms with Crippen molar-refractivity contribution in [2.45, 2.75) is 6.61 Å². The van der Waals surface area contributed by atoms with E-state index >= 15 is 0 Å². The van der Waals surface area contributed by atoms with Gasteiger partial charge in [-0.25, -0.2) is 4.79 Å². The Kier molecular flexibility index (Phi) is 5.94. The number of hydrogen-bond donors (Lipinski definition) is 1. The molecule has 24 heavy (non-hydrogen) atoms. The summed E-state index contributed by atoms with van der Waals surface area (Å²) in [5, 5.41) is 0.228. The Balaban J connectivity index is 2.30. The number of esters is 1. The number of amides is 1. The van der Waals surface area contributed by atoms with Crippen molar-refractivity contribution in [2.24, 2.45) is 5.73 Å². The molecule has 5 nitrogen and oxygen atoms in total. The highest BCUT2D eigenvalue weighted by molar-refractivity contribution is 6.45. The predicted octanol–water partition coefficient (Wildman–Crippen LogP) is 4.11. The number of nitrogens with two attached hydrogens (primary N) is 1. The van der Waals surface area contributed by atoms with E-state index < -0.39 is 11.9 Å². The smallest absolute Gasteiger partial charge is 0.343 e.